The molecular formula is C16H21N3OS. The van der Waals surface area contributed by atoms with Crippen LogP contribution in [-0.2, 0) is 0 Å². The van der Waals surface area contributed by atoms with Gasteiger partial charge in [0.05, 0.1) is 5.69 Å². The third-order valence-corrected chi connectivity index (χ3v) is 5.55. The second-order valence-electron chi connectivity index (χ2n) is 5.92. The summed E-state index contributed by atoms with van der Waals surface area (Å²) in [4.78, 5) is 19.8. The number of anilines is 1. The van der Waals surface area contributed by atoms with Crippen molar-refractivity contribution in [2.24, 2.45) is 0 Å². The van der Waals surface area contributed by atoms with Crippen molar-refractivity contribution >= 4 is 33.0 Å². The Hall–Kier alpha value is -1.62. The van der Waals surface area contributed by atoms with Crippen molar-refractivity contribution in [1.29, 1.82) is 0 Å². The number of hydrogen-bond acceptors (Lipinski definition) is 4. The van der Waals surface area contributed by atoms with Crippen LogP contribution in [0.5, 0.6) is 0 Å². The average Bonchev–Trinajstić information content (AvgIpc) is 3.05. The van der Waals surface area contributed by atoms with Crippen molar-refractivity contribution in [3.8, 4) is 0 Å². The fraction of sp³-hybridized carbons (Fsp3) is 0.500. The first-order valence-corrected chi connectivity index (χ1v) is 8.24. The third-order valence-electron chi connectivity index (χ3n) is 4.41. The molecule has 1 amide bonds. The molecule has 0 saturated heterocycles. The maximum Gasteiger partial charge on any atom is 0.266 e. The van der Waals surface area contributed by atoms with Gasteiger partial charge in [0, 0.05) is 34.6 Å². The summed E-state index contributed by atoms with van der Waals surface area (Å²) in [7, 11) is 1.90. The summed E-state index contributed by atoms with van der Waals surface area (Å²) < 4.78 is 1.06. The van der Waals surface area contributed by atoms with Crippen molar-refractivity contribution in [2.45, 2.75) is 45.6 Å². The van der Waals surface area contributed by atoms with Crippen LogP contribution in [0.25, 0.3) is 10.1 Å². The number of thiophene rings is 1. The van der Waals surface area contributed by atoms with Crippen LogP contribution in [0.4, 0.5) is 5.69 Å². The number of nitrogens with two attached hydrogens (primary N) is 1. The van der Waals surface area contributed by atoms with Crippen LogP contribution < -0.4 is 5.73 Å². The first-order valence-electron chi connectivity index (χ1n) is 7.42. The molecule has 1 fully saturated rings. The van der Waals surface area contributed by atoms with Gasteiger partial charge in [-0.25, -0.2) is 0 Å². The summed E-state index contributed by atoms with van der Waals surface area (Å²) in [6, 6.07) is 2.37. The van der Waals surface area contributed by atoms with Gasteiger partial charge in [0.1, 0.15) is 4.88 Å². The number of hydrogen-bond donors (Lipinski definition) is 1. The second kappa shape index (κ2) is 5.30. The Bertz CT molecular complexity index is 701. The van der Waals surface area contributed by atoms with Gasteiger partial charge in [0.15, 0.2) is 0 Å². The summed E-state index contributed by atoms with van der Waals surface area (Å²) in [5.41, 5.74) is 8.71. The molecule has 1 aliphatic carbocycles. The molecule has 0 atom stereocenters. The lowest BCUT2D eigenvalue weighted by Crippen LogP contribution is -2.35. The van der Waals surface area contributed by atoms with Crippen LogP contribution in [-0.4, -0.2) is 28.9 Å². The normalized spacial score (nSPS) is 15.8. The topological polar surface area (TPSA) is 59.2 Å². The number of nitrogens with zero attached hydrogens (tertiary/aromatic N) is 2. The lowest BCUT2D eigenvalue weighted by Gasteiger charge is -2.23. The van der Waals surface area contributed by atoms with Gasteiger partial charge >= 0.3 is 0 Å². The zero-order valence-electron chi connectivity index (χ0n) is 12.8. The minimum atomic E-state index is 0.0534. The highest BCUT2D eigenvalue weighted by Crippen LogP contribution is 2.37. The number of aromatic nitrogens is 1. The summed E-state index contributed by atoms with van der Waals surface area (Å²) in [5, 5.41) is 0.939. The lowest BCUT2D eigenvalue weighted by atomic mass is 10.1. The predicted octanol–water partition coefficient (Wildman–Crippen LogP) is 3.51. The first kappa shape index (κ1) is 14.3. The van der Waals surface area contributed by atoms with E-state index in [2.05, 4.69) is 4.98 Å². The Kier molecular flexibility index (Phi) is 3.61. The van der Waals surface area contributed by atoms with E-state index in [0.717, 1.165) is 34.3 Å². The predicted molar refractivity (Wildman–Crippen MR) is 87.9 cm³/mol. The molecule has 4 nitrogen and oxygen atoms in total. The average molecular weight is 303 g/mol. The Labute approximate surface area is 129 Å². The number of carbonyl (C=O) groups is 1. The molecule has 0 aromatic carbocycles. The van der Waals surface area contributed by atoms with Gasteiger partial charge in [0.25, 0.3) is 5.91 Å². The molecule has 112 valence electrons. The molecule has 0 spiro atoms. The minimum Gasteiger partial charge on any atom is -0.397 e. The summed E-state index contributed by atoms with van der Waals surface area (Å²) >= 11 is 1.49. The number of amides is 1. The molecular weight excluding hydrogens is 282 g/mol. The van der Waals surface area contributed by atoms with Crippen LogP contribution in [0.2, 0.25) is 0 Å². The van der Waals surface area contributed by atoms with Crippen LogP contribution in [0.1, 0.15) is 46.7 Å². The molecule has 0 radical (unpaired) electrons. The Morgan fingerprint density at radius 1 is 1.38 bits per heavy atom. The lowest BCUT2D eigenvalue weighted by molar-refractivity contribution is 0.0741. The van der Waals surface area contributed by atoms with E-state index >= 15 is 0 Å². The van der Waals surface area contributed by atoms with Gasteiger partial charge < -0.3 is 10.6 Å². The molecule has 2 aromatic rings. The van der Waals surface area contributed by atoms with Crippen molar-refractivity contribution in [3.63, 3.8) is 0 Å². The molecule has 1 aliphatic rings. The first-order chi connectivity index (χ1) is 9.99. The van der Waals surface area contributed by atoms with Gasteiger partial charge in [0.2, 0.25) is 0 Å². The second-order valence-corrected chi connectivity index (χ2v) is 6.97. The van der Waals surface area contributed by atoms with Crippen molar-refractivity contribution in [3.05, 3.63) is 22.3 Å². The number of fused-ring (bicyclic) bond motifs is 1. The van der Waals surface area contributed by atoms with E-state index < -0.39 is 0 Å². The van der Waals surface area contributed by atoms with Gasteiger partial charge in [-0.2, -0.15) is 0 Å². The highest BCUT2D eigenvalue weighted by Gasteiger charge is 2.27. The van der Waals surface area contributed by atoms with E-state index in [4.69, 9.17) is 5.73 Å². The fourth-order valence-corrected chi connectivity index (χ4v) is 4.51. The van der Waals surface area contributed by atoms with E-state index in [-0.39, 0.29) is 5.91 Å². The molecule has 0 bridgehead atoms. The summed E-state index contributed by atoms with van der Waals surface area (Å²) in [6.45, 7) is 3.92. The van der Waals surface area contributed by atoms with E-state index in [9.17, 15) is 4.79 Å². The molecule has 21 heavy (non-hydrogen) atoms. The van der Waals surface area contributed by atoms with Gasteiger partial charge in [-0.05, 0) is 32.8 Å². The number of aryl methyl sites for hydroxylation is 2. The van der Waals surface area contributed by atoms with Crippen LogP contribution in [0.15, 0.2) is 6.07 Å². The quantitative estimate of drug-likeness (QED) is 0.923. The summed E-state index contributed by atoms with van der Waals surface area (Å²) in [6.07, 6.45) is 4.64. The molecule has 2 aromatic heterocycles. The smallest absolute Gasteiger partial charge is 0.266 e. The van der Waals surface area contributed by atoms with Gasteiger partial charge in [-0.3, -0.25) is 9.78 Å². The standard InChI is InChI=1S/C16H21N3OS/c1-9-8-12-13(10(2)18-9)14(17)15(21-12)16(20)19(3)11-6-4-5-7-11/h8,11H,4-7,17H2,1-3H3. The monoisotopic (exact) mass is 303 g/mol. The zero-order valence-corrected chi connectivity index (χ0v) is 13.6. The number of rotatable bonds is 2. The Morgan fingerprint density at radius 3 is 2.71 bits per heavy atom. The summed E-state index contributed by atoms with van der Waals surface area (Å²) in [5.74, 6) is 0.0534. The third kappa shape index (κ3) is 2.39. The zero-order chi connectivity index (χ0) is 15.1. The molecule has 0 unspecified atom stereocenters. The Balaban J connectivity index is 2.02. The highest BCUT2D eigenvalue weighted by molar-refractivity contribution is 7.21. The highest BCUT2D eigenvalue weighted by atomic mass is 32.1. The Morgan fingerprint density at radius 2 is 2.05 bits per heavy atom. The van der Waals surface area contributed by atoms with Crippen molar-refractivity contribution in [2.75, 3.05) is 12.8 Å². The van der Waals surface area contributed by atoms with Gasteiger partial charge in [-0.1, -0.05) is 12.8 Å². The molecule has 2 heterocycles. The molecule has 1 saturated carbocycles. The number of carbonyl (C=O) groups excluding carboxylic acids is 1. The number of pyridine rings is 1. The SMILES string of the molecule is Cc1cc2sc(C(=O)N(C)C3CCCC3)c(N)c2c(C)n1. The van der Waals surface area contributed by atoms with E-state index in [1.165, 1.54) is 24.2 Å². The largest absolute Gasteiger partial charge is 0.397 e. The van der Waals surface area contributed by atoms with Crippen LogP contribution >= 0.6 is 11.3 Å². The minimum absolute atomic E-state index is 0.0534. The molecule has 2 N–H and O–H groups in total. The molecule has 0 aliphatic heterocycles. The maximum absolute atomic E-state index is 12.8. The van der Waals surface area contributed by atoms with E-state index in [1.807, 2.05) is 31.9 Å². The van der Waals surface area contributed by atoms with Crippen molar-refractivity contribution in [1.82, 2.24) is 9.88 Å². The van der Waals surface area contributed by atoms with Gasteiger partial charge in [-0.15, -0.1) is 11.3 Å². The molecule has 3 rings (SSSR count). The molecule has 5 heteroatoms. The van der Waals surface area contributed by atoms with Crippen molar-refractivity contribution < 1.29 is 4.79 Å². The van der Waals surface area contributed by atoms with E-state index in [0.29, 0.717) is 16.6 Å². The fourth-order valence-electron chi connectivity index (χ4n) is 3.26. The van der Waals surface area contributed by atoms with E-state index in [1.54, 1.807) is 0 Å². The maximum atomic E-state index is 12.8. The van der Waals surface area contributed by atoms with Crippen LogP contribution in [0, 0.1) is 13.8 Å². The van der Waals surface area contributed by atoms with Crippen LogP contribution in [0.3, 0.4) is 0 Å². The number of nitrogen functional groups attached to an aromatic ring is 1.